The van der Waals surface area contributed by atoms with E-state index >= 15 is 0 Å². The van der Waals surface area contributed by atoms with E-state index in [-0.39, 0.29) is 11.2 Å². The maximum Gasteiger partial charge on any atom is 0.233 e. The number of rotatable bonds is 2. The Hall–Kier alpha value is -1.44. The third kappa shape index (κ3) is 2.28. The Morgan fingerprint density at radius 3 is 2.00 bits per heavy atom. The Kier molecular flexibility index (Phi) is 2.84. The van der Waals surface area contributed by atoms with Crippen molar-refractivity contribution in [1.82, 2.24) is 0 Å². The Labute approximate surface area is 83.9 Å². The fraction of sp³-hybridized carbons (Fsp3) is 0.333. The first-order valence-electron chi connectivity index (χ1n) is 4.48. The minimum atomic E-state index is -0.383. The summed E-state index contributed by atoms with van der Waals surface area (Å²) in [5, 5.41) is 0. The Balaban J connectivity index is 2.98. The van der Waals surface area contributed by atoms with Gasteiger partial charge in [-0.25, -0.2) is 0 Å². The van der Waals surface area contributed by atoms with Gasteiger partial charge < -0.3 is 0 Å². The molecule has 73 valence electrons. The van der Waals surface area contributed by atoms with Crippen molar-refractivity contribution in [2.75, 3.05) is 0 Å². The molecule has 0 amide bonds. The van der Waals surface area contributed by atoms with Crippen LogP contribution >= 0.6 is 0 Å². The van der Waals surface area contributed by atoms with Crippen LogP contribution in [-0.2, 0) is 4.79 Å². The first-order valence-corrected chi connectivity index (χ1v) is 4.48. The number of Topliss-reactive ketones (excluding diaryl/α,β-unsaturated/α-hetero) is 1. The number of carbonyl (C=O) groups is 1. The second kappa shape index (κ2) is 3.74. The summed E-state index contributed by atoms with van der Waals surface area (Å²) < 4.78 is 0. The van der Waals surface area contributed by atoms with Gasteiger partial charge in [0, 0.05) is 16.5 Å². The average molecular weight is 189 g/mol. The van der Waals surface area contributed by atoms with Crippen molar-refractivity contribution in [2.45, 2.75) is 20.8 Å². The molecule has 0 aliphatic rings. The molecule has 2 heteroatoms. The Bertz CT molecular complexity index is 342. The minimum absolute atomic E-state index is 0.0787. The molecular formula is C12H13O2. The second-order valence-electron chi connectivity index (χ2n) is 4.26. The molecule has 0 unspecified atom stereocenters. The zero-order chi connectivity index (χ0) is 10.8. The van der Waals surface area contributed by atoms with Crippen molar-refractivity contribution in [3.63, 3.8) is 0 Å². The van der Waals surface area contributed by atoms with Gasteiger partial charge >= 0.3 is 0 Å². The minimum Gasteiger partial charge on any atom is -0.294 e. The van der Waals surface area contributed by atoms with E-state index in [4.69, 9.17) is 0 Å². The van der Waals surface area contributed by atoms with Gasteiger partial charge in [-0.3, -0.25) is 9.59 Å². The van der Waals surface area contributed by atoms with Crippen LogP contribution in [0.3, 0.4) is 0 Å². The van der Waals surface area contributed by atoms with Crippen molar-refractivity contribution in [3.8, 4) is 0 Å². The molecular weight excluding hydrogens is 176 g/mol. The highest BCUT2D eigenvalue weighted by Crippen LogP contribution is 2.20. The maximum absolute atomic E-state index is 11.8. The molecule has 1 radical (unpaired) electrons. The molecule has 0 atom stereocenters. The number of benzene rings is 1. The lowest BCUT2D eigenvalue weighted by Gasteiger charge is -2.16. The van der Waals surface area contributed by atoms with E-state index < -0.39 is 0 Å². The van der Waals surface area contributed by atoms with E-state index in [1.54, 1.807) is 30.6 Å². The molecule has 0 bridgehead atoms. The average Bonchev–Trinajstić information content (AvgIpc) is 2.15. The number of ketones is 1. The highest BCUT2D eigenvalue weighted by atomic mass is 16.1. The molecule has 0 N–H and O–H groups in total. The summed E-state index contributed by atoms with van der Waals surface area (Å²) in [4.78, 5) is 22.0. The summed E-state index contributed by atoms with van der Waals surface area (Å²) in [5.41, 5.74) is 0.721. The molecule has 0 spiro atoms. The summed E-state index contributed by atoms with van der Waals surface area (Å²) >= 11 is 0. The van der Waals surface area contributed by atoms with Crippen LogP contribution in [0, 0.1) is 5.41 Å². The SMILES string of the molecule is CC(C)(C)C(=O)c1ccc([C]=O)cc1. The van der Waals surface area contributed by atoms with Crippen molar-refractivity contribution < 1.29 is 9.59 Å². The van der Waals surface area contributed by atoms with Crippen LogP contribution in [0.15, 0.2) is 24.3 Å². The van der Waals surface area contributed by atoms with E-state index in [0.29, 0.717) is 11.1 Å². The van der Waals surface area contributed by atoms with E-state index in [0.717, 1.165) is 0 Å². The highest BCUT2D eigenvalue weighted by molar-refractivity contribution is 6.00. The van der Waals surface area contributed by atoms with Gasteiger partial charge in [-0.15, -0.1) is 0 Å². The normalized spacial score (nSPS) is 11.1. The van der Waals surface area contributed by atoms with Gasteiger partial charge in [0.05, 0.1) is 0 Å². The first-order chi connectivity index (χ1) is 6.45. The molecule has 2 nitrogen and oxygen atoms in total. The smallest absolute Gasteiger partial charge is 0.233 e. The van der Waals surface area contributed by atoms with Crippen LogP contribution in [0.1, 0.15) is 36.7 Å². The summed E-state index contributed by atoms with van der Waals surface area (Å²) in [5.74, 6) is 0.0787. The maximum atomic E-state index is 11.8. The standard InChI is InChI=1S/C12H13O2/c1-12(2,3)11(14)10-6-4-9(8-13)5-7-10/h4-7H,1-3H3. The molecule has 14 heavy (non-hydrogen) atoms. The van der Waals surface area contributed by atoms with E-state index in [1.165, 1.54) is 0 Å². The molecule has 0 aliphatic heterocycles. The van der Waals surface area contributed by atoms with Gasteiger partial charge in [-0.1, -0.05) is 45.0 Å². The fourth-order valence-corrected chi connectivity index (χ4v) is 1.12. The summed E-state index contributed by atoms with van der Waals surface area (Å²) in [6.45, 7) is 5.61. The van der Waals surface area contributed by atoms with Crippen LogP contribution in [-0.4, -0.2) is 12.1 Å². The monoisotopic (exact) mass is 189 g/mol. The lowest BCUT2D eigenvalue weighted by molar-refractivity contribution is 0.0858. The van der Waals surface area contributed by atoms with E-state index in [2.05, 4.69) is 0 Å². The van der Waals surface area contributed by atoms with Crippen LogP contribution in [0.4, 0.5) is 0 Å². The van der Waals surface area contributed by atoms with Gasteiger partial charge in [0.2, 0.25) is 6.29 Å². The van der Waals surface area contributed by atoms with Crippen molar-refractivity contribution in [1.29, 1.82) is 0 Å². The molecule has 1 rings (SSSR count). The van der Waals surface area contributed by atoms with Gasteiger partial charge in [0.1, 0.15) is 0 Å². The molecule has 1 aromatic rings. The van der Waals surface area contributed by atoms with Crippen LogP contribution in [0.5, 0.6) is 0 Å². The first kappa shape index (κ1) is 10.6. The van der Waals surface area contributed by atoms with Crippen molar-refractivity contribution in [3.05, 3.63) is 35.4 Å². The lowest BCUT2D eigenvalue weighted by atomic mass is 9.86. The quantitative estimate of drug-likeness (QED) is 0.669. The van der Waals surface area contributed by atoms with Crippen molar-refractivity contribution in [2.24, 2.45) is 5.41 Å². The van der Waals surface area contributed by atoms with E-state index in [1.807, 2.05) is 20.8 Å². The summed E-state index contributed by atoms with van der Waals surface area (Å²) in [6.07, 6.45) is 1.77. The lowest BCUT2D eigenvalue weighted by Crippen LogP contribution is -2.20. The van der Waals surface area contributed by atoms with Gasteiger partial charge in [0.25, 0.3) is 0 Å². The van der Waals surface area contributed by atoms with Crippen molar-refractivity contribution >= 4 is 12.1 Å². The summed E-state index contributed by atoms with van der Waals surface area (Å²) in [7, 11) is 0. The molecule has 1 aromatic carbocycles. The van der Waals surface area contributed by atoms with Crippen LogP contribution in [0.2, 0.25) is 0 Å². The second-order valence-corrected chi connectivity index (χ2v) is 4.26. The predicted molar refractivity (Wildman–Crippen MR) is 55.0 cm³/mol. The third-order valence-corrected chi connectivity index (χ3v) is 1.95. The van der Waals surface area contributed by atoms with E-state index in [9.17, 15) is 9.59 Å². The molecule has 0 saturated carbocycles. The number of hydrogen-bond donors (Lipinski definition) is 0. The highest BCUT2D eigenvalue weighted by Gasteiger charge is 2.22. The van der Waals surface area contributed by atoms with Gasteiger partial charge in [0.15, 0.2) is 5.78 Å². The fourth-order valence-electron chi connectivity index (χ4n) is 1.12. The molecule has 0 fully saturated rings. The molecule has 0 aromatic heterocycles. The molecule has 0 saturated heterocycles. The zero-order valence-electron chi connectivity index (χ0n) is 8.63. The predicted octanol–water partition coefficient (Wildman–Crippen LogP) is 2.37. The number of carbonyl (C=O) groups excluding carboxylic acids is 2. The van der Waals surface area contributed by atoms with Gasteiger partial charge in [-0.05, 0) is 0 Å². The zero-order valence-corrected chi connectivity index (χ0v) is 8.63. The third-order valence-electron chi connectivity index (χ3n) is 1.95. The molecule has 0 heterocycles. The topological polar surface area (TPSA) is 34.1 Å². The Morgan fingerprint density at radius 1 is 1.14 bits per heavy atom. The van der Waals surface area contributed by atoms with Crippen LogP contribution in [0.25, 0.3) is 0 Å². The Morgan fingerprint density at radius 2 is 1.64 bits per heavy atom. The molecule has 0 aliphatic carbocycles. The number of hydrogen-bond acceptors (Lipinski definition) is 2. The summed E-state index contributed by atoms with van der Waals surface area (Å²) in [6, 6.07) is 6.53. The van der Waals surface area contributed by atoms with Gasteiger partial charge in [-0.2, -0.15) is 0 Å². The van der Waals surface area contributed by atoms with Crippen LogP contribution < -0.4 is 0 Å². The largest absolute Gasteiger partial charge is 0.294 e.